The standard InChI is InChI=1S/C8H6N5.ClH/c9-12-7-1-3-8(4-2-7)13-6-10-5-11-13;/h1-6H;1H/q+1;/p-1. The second-order valence-corrected chi connectivity index (χ2v) is 2.46. The van der Waals surface area contributed by atoms with E-state index in [1.165, 1.54) is 6.33 Å². The van der Waals surface area contributed by atoms with E-state index < -0.39 is 0 Å². The molecule has 0 aliphatic heterocycles. The van der Waals surface area contributed by atoms with Crippen LogP contribution in [0.25, 0.3) is 10.7 Å². The fraction of sp³-hybridized carbons (Fsp3) is 0. The van der Waals surface area contributed by atoms with E-state index in [-0.39, 0.29) is 12.4 Å². The van der Waals surface area contributed by atoms with Gasteiger partial charge in [-0.15, -0.1) is 0 Å². The molecule has 1 aromatic heterocycles. The van der Waals surface area contributed by atoms with Gasteiger partial charge in [0.15, 0.2) is 4.98 Å². The molecular weight excluding hydrogens is 202 g/mol. The van der Waals surface area contributed by atoms with Crippen molar-refractivity contribution in [3.05, 3.63) is 41.9 Å². The van der Waals surface area contributed by atoms with Gasteiger partial charge in [0.1, 0.15) is 12.7 Å². The Kier molecular flexibility index (Phi) is 3.15. The third-order valence-electron chi connectivity index (χ3n) is 1.65. The first kappa shape index (κ1) is 10.2. The third kappa shape index (κ3) is 1.87. The van der Waals surface area contributed by atoms with Crippen molar-refractivity contribution >= 4 is 5.69 Å². The van der Waals surface area contributed by atoms with Crippen LogP contribution in [0.4, 0.5) is 5.69 Å². The second-order valence-electron chi connectivity index (χ2n) is 2.46. The summed E-state index contributed by atoms with van der Waals surface area (Å²) in [5, 5.41) is 12.4. The lowest BCUT2D eigenvalue weighted by atomic mass is 10.3. The zero-order valence-electron chi connectivity index (χ0n) is 7.08. The zero-order valence-corrected chi connectivity index (χ0v) is 7.83. The molecule has 0 unspecified atom stereocenters. The van der Waals surface area contributed by atoms with Crippen molar-refractivity contribution < 1.29 is 12.4 Å². The second kappa shape index (κ2) is 4.35. The number of hydrogen-bond donors (Lipinski definition) is 0. The van der Waals surface area contributed by atoms with Crippen LogP contribution in [0.15, 0.2) is 36.9 Å². The van der Waals surface area contributed by atoms with Crippen LogP contribution in [-0.2, 0) is 0 Å². The molecule has 0 fully saturated rings. The van der Waals surface area contributed by atoms with E-state index in [0.29, 0.717) is 5.69 Å². The maximum Gasteiger partial charge on any atom is 0.385 e. The van der Waals surface area contributed by atoms with Crippen LogP contribution in [0.2, 0.25) is 0 Å². The number of rotatable bonds is 1. The molecular formula is C8H6ClN5. The molecule has 0 N–H and O–H groups in total. The van der Waals surface area contributed by atoms with Crippen molar-refractivity contribution in [2.24, 2.45) is 0 Å². The Bertz CT molecular complexity index is 428. The van der Waals surface area contributed by atoms with Crippen LogP contribution >= 0.6 is 0 Å². The fourth-order valence-electron chi connectivity index (χ4n) is 1.01. The van der Waals surface area contributed by atoms with Gasteiger partial charge in [-0.05, 0) is 12.1 Å². The zero-order chi connectivity index (χ0) is 9.10. The van der Waals surface area contributed by atoms with Gasteiger partial charge in [0, 0.05) is 12.1 Å². The number of aromatic nitrogens is 3. The van der Waals surface area contributed by atoms with E-state index in [2.05, 4.69) is 15.1 Å². The Morgan fingerprint density at radius 2 is 1.93 bits per heavy atom. The largest absolute Gasteiger partial charge is 1.00 e. The van der Waals surface area contributed by atoms with Crippen LogP contribution in [0.3, 0.4) is 0 Å². The van der Waals surface area contributed by atoms with E-state index in [0.717, 1.165) is 5.69 Å². The van der Waals surface area contributed by atoms with E-state index >= 15 is 0 Å². The predicted molar refractivity (Wildman–Crippen MR) is 46.1 cm³/mol. The Morgan fingerprint density at radius 3 is 2.43 bits per heavy atom. The van der Waals surface area contributed by atoms with Gasteiger partial charge < -0.3 is 12.4 Å². The van der Waals surface area contributed by atoms with Gasteiger partial charge in [0.25, 0.3) is 0 Å². The Morgan fingerprint density at radius 1 is 1.21 bits per heavy atom. The van der Waals surface area contributed by atoms with Crippen molar-refractivity contribution in [2.75, 3.05) is 0 Å². The molecule has 14 heavy (non-hydrogen) atoms. The molecule has 0 aliphatic carbocycles. The molecule has 0 radical (unpaired) electrons. The van der Waals surface area contributed by atoms with E-state index in [9.17, 15) is 0 Å². The Labute approximate surface area is 86.4 Å². The molecule has 70 valence electrons. The molecule has 2 aromatic rings. The number of hydrogen-bond acceptors (Lipinski definition) is 3. The van der Waals surface area contributed by atoms with Gasteiger partial charge >= 0.3 is 5.69 Å². The molecule has 0 atom stereocenters. The first-order chi connectivity index (χ1) is 6.40. The van der Waals surface area contributed by atoms with E-state index in [1.807, 2.05) is 0 Å². The number of halogens is 1. The molecule has 5 nitrogen and oxygen atoms in total. The van der Waals surface area contributed by atoms with Crippen molar-refractivity contribution in [2.45, 2.75) is 0 Å². The number of diazo groups is 1. The topological polar surface area (TPSA) is 58.9 Å². The molecule has 1 heterocycles. The maximum absolute atomic E-state index is 8.45. The quantitative estimate of drug-likeness (QED) is 0.550. The minimum absolute atomic E-state index is 0. The van der Waals surface area contributed by atoms with Crippen LogP contribution in [0.5, 0.6) is 0 Å². The van der Waals surface area contributed by atoms with Gasteiger partial charge in [-0.2, -0.15) is 5.10 Å². The average Bonchev–Trinajstić information content (AvgIpc) is 2.71. The summed E-state index contributed by atoms with van der Waals surface area (Å²) in [6.07, 6.45) is 3.06. The summed E-state index contributed by atoms with van der Waals surface area (Å²) in [5.74, 6) is 0. The van der Waals surface area contributed by atoms with E-state index in [1.54, 1.807) is 35.3 Å². The smallest absolute Gasteiger partial charge is 0.385 e. The summed E-state index contributed by atoms with van der Waals surface area (Å²) in [7, 11) is 0. The first-order valence-electron chi connectivity index (χ1n) is 3.70. The summed E-state index contributed by atoms with van der Waals surface area (Å²) in [5.41, 5.74) is 1.40. The maximum atomic E-state index is 8.45. The summed E-state index contributed by atoms with van der Waals surface area (Å²) >= 11 is 0. The van der Waals surface area contributed by atoms with Crippen LogP contribution in [0, 0.1) is 5.39 Å². The molecule has 2 rings (SSSR count). The highest BCUT2D eigenvalue weighted by Crippen LogP contribution is 2.14. The van der Waals surface area contributed by atoms with Gasteiger partial charge in [0.05, 0.1) is 5.69 Å². The molecule has 0 spiro atoms. The molecule has 6 heteroatoms. The highest BCUT2D eigenvalue weighted by atomic mass is 35.5. The highest BCUT2D eigenvalue weighted by molar-refractivity contribution is 5.48. The van der Waals surface area contributed by atoms with Crippen LogP contribution in [0.1, 0.15) is 0 Å². The molecule has 0 saturated carbocycles. The van der Waals surface area contributed by atoms with Crippen molar-refractivity contribution in [1.82, 2.24) is 14.8 Å². The lowest BCUT2D eigenvalue weighted by Crippen LogP contribution is -3.00. The van der Waals surface area contributed by atoms with Crippen LogP contribution < -0.4 is 12.4 Å². The normalized spacial score (nSPS) is 8.79. The van der Waals surface area contributed by atoms with Gasteiger partial charge in [0.2, 0.25) is 5.39 Å². The minimum atomic E-state index is 0. The van der Waals surface area contributed by atoms with Crippen molar-refractivity contribution in [3.8, 4) is 5.69 Å². The molecule has 1 aromatic carbocycles. The lowest BCUT2D eigenvalue weighted by Gasteiger charge is -1.95. The third-order valence-corrected chi connectivity index (χ3v) is 1.65. The Hall–Kier alpha value is -1.93. The van der Waals surface area contributed by atoms with Gasteiger partial charge in [-0.25, -0.2) is 9.67 Å². The predicted octanol–water partition coefficient (Wildman–Crippen LogP) is -1.24. The van der Waals surface area contributed by atoms with Gasteiger partial charge in [-0.1, -0.05) is 0 Å². The summed E-state index contributed by atoms with van der Waals surface area (Å²) in [4.78, 5) is 6.87. The number of nitrogens with zero attached hydrogens (tertiary/aromatic N) is 5. The van der Waals surface area contributed by atoms with Crippen LogP contribution in [-0.4, -0.2) is 14.8 Å². The SMILES string of the molecule is N#[N+]c1ccc(-n2cncn2)cc1.[Cl-]. The summed E-state index contributed by atoms with van der Waals surface area (Å²) in [6.45, 7) is 0. The number of benzene rings is 1. The van der Waals surface area contributed by atoms with E-state index in [4.69, 9.17) is 5.39 Å². The van der Waals surface area contributed by atoms with Crippen molar-refractivity contribution in [3.63, 3.8) is 0 Å². The first-order valence-corrected chi connectivity index (χ1v) is 3.70. The fourth-order valence-corrected chi connectivity index (χ4v) is 1.01. The Balaban J connectivity index is 0.000000980. The molecule has 0 bridgehead atoms. The average molecular weight is 208 g/mol. The molecule has 0 saturated heterocycles. The monoisotopic (exact) mass is 207 g/mol. The minimum Gasteiger partial charge on any atom is -1.00 e. The lowest BCUT2D eigenvalue weighted by molar-refractivity contribution is -0.00000297. The van der Waals surface area contributed by atoms with Gasteiger partial charge in [-0.3, -0.25) is 0 Å². The molecule has 0 amide bonds. The molecule has 0 aliphatic rings. The van der Waals surface area contributed by atoms with Crippen molar-refractivity contribution in [1.29, 1.82) is 5.39 Å². The highest BCUT2D eigenvalue weighted by Gasteiger charge is 2.03. The summed E-state index contributed by atoms with van der Waals surface area (Å²) < 4.78 is 1.63. The summed E-state index contributed by atoms with van der Waals surface area (Å²) in [6, 6.07) is 6.97.